The van der Waals surface area contributed by atoms with Gasteiger partial charge in [0.15, 0.2) is 4.67 Å². The van der Waals surface area contributed by atoms with E-state index in [0.29, 0.717) is 24.9 Å². The standard InChI is InChI=1S/C14H25BrN2O3S/c1-6-11(5)17(7-2)21(18,19)13-8-12(20-14(13)15)9-16-10(3)4/h8,10-11,16H,6-7,9H2,1-5H3. The number of hydrogen-bond donors (Lipinski definition) is 1. The molecule has 5 nitrogen and oxygen atoms in total. The highest BCUT2D eigenvalue weighted by Crippen LogP contribution is 2.30. The SMILES string of the molecule is CCC(C)N(CC)S(=O)(=O)c1cc(CNC(C)C)oc1Br. The lowest BCUT2D eigenvalue weighted by Crippen LogP contribution is -2.38. The Hall–Kier alpha value is -0.370. The lowest BCUT2D eigenvalue weighted by molar-refractivity contribution is 0.341. The summed E-state index contributed by atoms with van der Waals surface area (Å²) < 4.78 is 32.8. The second-order valence-electron chi connectivity index (χ2n) is 5.35. The first-order valence-electron chi connectivity index (χ1n) is 7.27. The van der Waals surface area contributed by atoms with Crippen LogP contribution in [0.25, 0.3) is 0 Å². The summed E-state index contributed by atoms with van der Waals surface area (Å²) >= 11 is 3.23. The van der Waals surface area contributed by atoms with Crippen molar-refractivity contribution in [1.29, 1.82) is 0 Å². The van der Waals surface area contributed by atoms with Crippen molar-refractivity contribution in [3.63, 3.8) is 0 Å². The summed E-state index contributed by atoms with van der Waals surface area (Å²) in [7, 11) is -3.55. The van der Waals surface area contributed by atoms with Gasteiger partial charge < -0.3 is 9.73 Å². The smallest absolute Gasteiger partial charge is 0.247 e. The molecule has 0 aromatic carbocycles. The molecule has 0 radical (unpaired) electrons. The van der Waals surface area contributed by atoms with Crippen LogP contribution in [0.15, 0.2) is 20.0 Å². The minimum atomic E-state index is -3.55. The highest BCUT2D eigenvalue weighted by molar-refractivity contribution is 9.10. The van der Waals surface area contributed by atoms with Crippen molar-refractivity contribution in [1.82, 2.24) is 9.62 Å². The van der Waals surface area contributed by atoms with Gasteiger partial charge in [0.1, 0.15) is 10.7 Å². The van der Waals surface area contributed by atoms with Crippen molar-refractivity contribution in [2.45, 2.75) is 64.6 Å². The number of sulfonamides is 1. The Morgan fingerprint density at radius 3 is 2.43 bits per heavy atom. The average Bonchev–Trinajstić information content (AvgIpc) is 2.78. The lowest BCUT2D eigenvalue weighted by Gasteiger charge is -2.25. The molecule has 1 aromatic rings. The molecule has 1 rings (SSSR count). The van der Waals surface area contributed by atoms with E-state index in [1.807, 2.05) is 34.6 Å². The van der Waals surface area contributed by atoms with Crippen LogP contribution in [0.4, 0.5) is 0 Å². The highest BCUT2D eigenvalue weighted by Gasteiger charge is 2.31. The lowest BCUT2D eigenvalue weighted by atomic mass is 10.3. The fourth-order valence-electron chi connectivity index (χ4n) is 2.01. The molecule has 1 heterocycles. The number of nitrogens with zero attached hydrogens (tertiary/aromatic N) is 1. The van der Waals surface area contributed by atoms with Crippen LogP contribution < -0.4 is 5.32 Å². The third-order valence-electron chi connectivity index (χ3n) is 3.37. The molecule has 0 bridgehead atoms. The van der Waals surface area contributed by atoms with E-state index in [2.05, 4.69) is 21.2 Å². The zero-order valence-corrected chi connectivity index (χ0v) is 15.7. The summed E-state index contributed by atoms with van der Waals surface area (Å²) in [5, 5.41) is 3.21. The summed E-state index contributed by atoms with van der Waals surface area (Å²) in [5.41, 5.74) is 0. The van der Waals surface area contributed by atoms with Crippen LogP contribution in [-0.2, 0) is 16.6 Å². The predicted molar refractivity (Wildman–Crippen MR) is 87.7 cm³/mol. The molecule has 1 aromatic heterocycles. The number of rotatable bonds is 8. The Balaban J connectivity index is 3.08. The largest absolute Gasteiger partial charge is 0.452 e. The maximum Gasteiger partial charge on any atom is 0.247 e. The zero-order valence-electron chi connectivity index (χ0n) is 13.3. The summed E-state index contributed by atoms with van der Waals surface area (Å²) in [6.07, 6.45) is 0.768. The van der Waals surface area contributed by atoms with Gasteiger partial charge in [-0.25, -0.2) is 8.42 Å². The Labute approximate surface area is 136 Å². The van der Waals surface area contributed by atoms with E-state index < -0.39 is 10.0 Å². The quantitative estimate of drug-likeness (QED) is 0.750. The van der Waals surface area contributed by atoms with E-state index in [4.69, 9.17) is 4.42 Å². The zero-order chi connectivity index (χ0) is 16.2. The number of nitrogens with one attached hydrogen (secondary N) is 1. The van der Waals surface area contributed by atoms with Gasteiger partial charge in [0.2, 0.25) is 10.0 Å². The van der Waals surface area contributed by atoms with E-state index >= 15 is 0 Å². The van der Waals surface area contributed by atoms with Crippen LogP contribution in [-0.4, -0.2) is 31.4 Å². The molecule has 1 unspecified atom stereocenters. The van der Waals surface area contributed by atoms with Crippen LogP contribution in [0, 0.1) is 0 Å². The van der Waals surface area contributed by atoms with Gasteiger partial charge in [0.25, 0.3) is 0 Å². The number of furan rings is 1. The topological polar surface area (TPSA) is 62.6 Å². The van der Waals surface area contributed by atoms with Crippen LogP contribution in [0.5, 0.6) is 0 Å². The molecule has 0 aliphatic carbocycles. The molecule has 0 fully saturated rings. The van der Waals surface area contributed by atoms with E-state index in [-0.39, 0.29) is 15.6 Å². The number of halogens is 1. The maximum atomic E-state index is 12.8. The molecule has 21 heavy (non-hydrogen) atoms. The molecular weight excluding hydrogens is 356 g/mol. The minimum Gasteiger partial charge on any atom is -0.452 e. The van der Waals surface area contributed by atoms with Crippen molar-refractivity contribution in [3.8, 4) is 0 Å². The average molecular weight is 381 g/mol. The number of hydrogen-bond acceptors (Lipinski definition) is 4. The molecule has 0 saturated carbocycles. The molecule has 7 heteroatoms. The normalized spacial score (nSPS) is 14.1. The fourth-order valence-corrected chi connectivity index (χ4v) is 4.69. The Morgan fingerprint density at radius 2 is 1.95 bits per heavy atom. The predicted octanol–water partition coefficient (Wildman–Crippen LogP) is 3.35. The Bertz CT molecular complexity index is 555. The van der Waals surface area contributed by atoms with Gasteiger partial charge in [0.05, 0.1) is 6.54 Å². The molecule has 0 spiro atoms. The van der Waals surface area contributed by atoms with Gasteiger partial charge in [-0.15, -0.1) is 0 Å². The summed E-state index contributed by atoms with van der Waals surface area (Å²) in [4.78, 5) is 0.199. The molecule has 0 saturated heterocycles. The monoisotopic (exact) mass is 380 g/mol. The third-order valence-corrected chi connectivity index (χ3v) is 6.32. The molecule has 0 aliphatic rings. The van der Waals surface area contributed by atoms with Gasteiger partial charge in [-0.1, -0.05) is 27.7 Å². The summed E-state index contributed by atoms with van der Waals surface area (Å²) in [5.74, 6) is 0.606. The van der Waals surface area contributed by atoms with Crippen molar-refractivity contribution in [3.05, 3.63) is 16.5 Å². The highest BCUT2D eigenvalue weighted by atomic mass is 79.9. The van der Waals surface area contributed by atoms with Gasteiger partial charge in [-0.05, 0) is 29.3 Å². The minimum absolute atomic E-state index is 0.0426. The molecule has 0 amide bonds. The summed E-state index contributed by atoms with van der Waals surface area (Å²) in [6.45, 7) is 10.7. The fraction of sp³-hybridized carbons (Fsp3) is 0.714. The van der Waals surface area contributed by atoms with Gasteiger partial charge in [0, 0.05) is 24.7 Å². The van der Waals surface area contributed by atoms with Gasteiger partial charge in [-0.2, -0.15) is 4.31 Å². The van der Waals surface area contributed by atoms with Crippen molar-refractivity contribution in [2.75, 3.05) is 6.54 Å². The molecule has 122 valence electrons. The van der Waals surface area contributed by atoms with Crippen molar-refractivity contribution >= 4 is 26.0 Å². The van der Waals surface area contributed by atoms with E-state index in [1.165, 1.54) is 4.31 Å². The van der Waals surface area contributed by atoms with Crippen LogP contribution >= 0.6 is 15.9 Å². The van der Waals surface area contributed by atoms with Gasteiger partial charge >= 0.3 is 0 Å². The van der Waals surface area contributed by atoms with Gasteiger partial charge in [-0.3, -0.25) is 0 Å². The molecule has 1 N–H and O–H groups in total. The molecule has 1 atom stereocenters. The Morgan fingerprint density at radius 1 is 1.33 bits per heavy atom. The van der Waals surface area contributed by atoms with Crippen molar-refractivity contribution < 1.29 is 12.8 Å². The van der Waals surface area contributed by atoms with E-state index in [1.54, 1.807) is 6.07 Å². The summed E-state index contributed by atoms with van der Waals surface area (Å²) in [6, 6.07) is 1.86. The molecular formula is C14H25BrN2O3S. The first-order chi connectivity index (χ1) is 9.73. The first kappa shape index (κ1) is 18.7. The first-order valence-corrected chi connectivity index (χ1v) is 9.50. The maximum absolute atomic E-state index is 12.8. The van der Waals surface area contributed by atoms with Crippen molar-refractivity contribution in [2.24, 2.45) is 0 Å². The second-order valence-corrected chi connectivity index (χ2v) is 7.93. The van der Waals surface area contributed by atoms with Crippen LogP contribution in [0.3, 0.4) is 0 Å². The second kappa shape index (κ2) is 7.76. The van der Waals surface area contributed by atoms with Crippen LogP contribution in [0.2, 0.25) is 0 Å². The molecule has 0 aliphatic heterocycles. The Kier molecular flexibility index (Phi) is 6.90. The van der Waals surface area contributed by atoms with E-state index in [9.17, 15) is 8.42 Å². The van der Waals surface area contributed by atoms with Crippen LogP contribution in [0.1, 0.15) is 46.8 Å². The third kappa shape index (κ3) is 4.55. The van der Waals surface area contributed by atoms with E-state index in [0.717, 1.165) is 6.42 Å².